The number of rotatable bonds is 4. The second-order valence-electron chi connectivity index (χ2n) is 6.41. The molecule has 0 spiro atoms. The molecule has 0 unspecified atom stereocenters. The number of nitrogens with zero attached hydrogens (tertiary/aromatic N) is 2. The SMILES string of the molecule is Cc1cc(C(=O)Nc2ccc(S(=O)(=O)N3CCC[C@H](C)C3)cc2)no1. The zero-order valence-electron chi connectivity index (χ0n) is 14.2. The summed E-state index contributed by atoms with van der Waals surface area (Å²) in [6.07, 6.45) is 1.93. The van der Waals surface area contributed by atoms with Gasteiger partial charge in [-0.3, -0.25) is 4.79 Å². The van der Waals surface area contributed by atoms with Crippen LogP contribution in [-0.4, -0.2) is 36.9 Å². The molecule has 2 aromatic rings. The summed E-state index contributed by atoms with van der Waals surface area (Å²) in [6.45, 7) is 4.86. The lowest BCUT2D eigenvalue weighted by molar-refractivity contribution is 0.101. The molecule has 0 bridgehead atoms. The second kappa shape index (κ2) is 6.97. The number of carbonyl (C=O) groups excluding carboxylic acids is 1. The van der Waals surface area contributed by atoms with Gasteiger partial charge in [0.25, 0.3) is 5.91 Å². The molecule has 134 valence electrons. The van der Waals surface area contributed by atoms with Crippen LogP contribution in [0.25, 0.3) is 0 Å². The molecule has 0 aliphatic carbocycles. The number of piperidine rings is 1. The van der Waals surface area contributed by atoms with E-state index in [9.17, 15) is 13.2 Å². The van der Waals surface area contributed by atoms with Crippen molar-refractivity contribution in [3.63, 3.8) is 0 Å². The zero-order valence-corrected chi connectivity index (χ0v) is 15.0. The van der Waals surface area contributed by atoms with Gasteiger partial charge in [-0.05, 0) is 49.9 Å². The Kier molecular flexibility index (Phi) is 4.91. The van der Waals surface area contributed by atoms with Gasteiger partial charge >= 0.3 is 0 Å². The molecule has 1 saturated heterocycles. The predicted molar refractivity (Wildman–Crippen MR) is 92.8 cm³/mol. The molecule has 1 aliphatic rings. The number of aromatic nitrogens is 1. The highest BCUT2D eigenvalue weighted by Crippen LogP contribution is 2.24. The lowest BCUT2D eigenvalue weighted by Gasteiger charge is -2.30. The Hall–Kier alpha value is -2.19. The summed E-state index contributed by atoms with van der Waals surface area (Å²) in [4.78, 5) is 12.3. The van der Waals surface area contributed by atoms with Crippen LogP contribution in [0.15, 0.2) is 39.8 Å². The van der Waals surface area contributed by atoms with Crippen molar-refractivity contribution in [2.24, 2.45) is 5.92 Å². The third kappa shape index (κ3) is 3.91. The summed E-state index contributed by atoms with van der Waals surface area (Å²) in [6, 6.07) is 7.71. The standard InChI is InChI=1S/C17H21N3O4S/c1-12-4-3-9-20(11-12)25(22,23)15-7-5-14(6-8-15)18-17(21)16-10-13(2)24-19-16/h5-8,10,12H,3-4,9,11H2,1-2H3,(H,18,21)/t12-/m0/s1. The average Bonchev–Trinajstić information content (AvgIpc) is 3.02. The van der Waals surface area contributed by atoms with Crippen LogP contribution in [0.5, 0.6) is 0 Å². The smallest absolute Gasteiger partial charge is 0.277 e. The zero-order chi connectivity index (χ0) is 18.0. The van der Waals surface area contributed by atoms with E-state index < -0.39 is 15.9 Å². The van der Waals surface area contributed by atoms with E-state index in [1.165, 1.54) is 22.5 Å². The normalized spacial score (nSPS) is 18.9. The first-order valence-corrected chi connectivity index (χ1v) is 9.65. The van der Waals surface area contributed by atoms with E-state index in [0.29, 0.717) is 30.5 Å². The Morgan fingerprint density at radius 3 is 2.64 bits per heavy atom. The third-order valence-corrected chi connectivity index (χ3v) is 6.11. The summed E-state index contributed by atoms with van der Waals surface area (Å²) >= 11 is 0. The van der Waals surface area contributed by atoms with Crippen LogP contribution in [0.4, 0.5) is 5.69 Å². The number of hydrogen-bond donors (Lipinski definition) is 1. The summed E-state index contributed by atoms with van der Waals surface area (Å²) < 4.78 is 31.8. The molecule has 1 N–H and O–H groups in total. The maximum Gasteiger partial charge on any atom is 0.277 e. The maximum absolute atomic E-state index is 12.7. The van der Waals surface area contributed by atoms with Crippen molar-refractivity contribution < 1.29 is 17.7 Å². The van der Waals surface area contributed by atoms with Crippen LogP contribution in [0.2, 0.25) is 0 Å². The largest absolute Gasteiger partial charge is 0.361 e. The molecule has 1 atom stereocenters. The van der Waals surface area contributed by atoms with Gasteiger partial charge in [-0.1, -0.05) is 12.1 Å². The molecule has 1 aliphatic heterocycles. The highest BCUT2D eigenvalue weighted by Gasteiger charge is 2.28. The van der Waals surface area contributed by atoms with Crippen molar-refractivity contribution in [2.75, 3.05) is 18.4 Å². The molecule has 8 heteroatoms. The van der Waals surface area contributed by atoms with Gasteiger partial charge in [-0.25, -0.2) is 8.42 Å². The minimum atomic E-state index is -3.50. The first-order chi connectivity index (χ1) is 11.9. The fourth-order valence-electron chi connectivity index (χ4n) is 2.89. The minimum absolute atomic E-state index is 0.177. The van der Waals surface area contributed by atoms with Gasteiger partial charge in [0, 0.05) is 24.8 Å². The number of hydrogen-bond acceptors (Lipinski definition) is 5. The molecule has 0 saturated carbocycles. The van der Waals surface area contributed by atoms with Gasteiger partial charge in [-0.2, -0.15) is 4.31 Å². The number of benzene rings is 1. The predicted octanol–water partition coefficient (Wildman–Crippen LogP) is 2.66. The van der Waals surface area contributed by atoms with Crippen LogP contribution in [0.3, 0.4) is 0 Å². The number of carbonyl (C=O) groups is 1. The summed E-state index contributed by atoms with van der Waals surface area (Å²) in [5.74, 6) is 0.507. The highest BCUT2D eigenvalue weighted by molar-refractivity contribution is 7.89. The summed E-state index contributed by atoms with van der Waals surface area (Å²) in [7, 11) is -3.50. The molecule has 7 nitrogen and oxygen atoms in total. The van der Waals surface area contributed by atoms with Crippen molar-refractivity contribution in [2.45, 2.75) is 31.6 Å². The molecular formula is C17H21N3O4S. The molecule has 1 aromatic heterocycles. The number of sulfonamides is 1. The summed E-state index contributed by atoms with van der Waals surface area (Å²) in [5, 5.41) is 6.31. The van der Waals surface area contributed by atoms with Gasteiger partial charge in [0.15, 0.2) is 5.69 Å². The first kappa shape index (κ1) is 17.6. The Bertz CT molecular complexity index is 858. The quantitative estimate of drug-likeness (QED) is 0.901. The minimum Gasteiger partial charge on any atom is -0.361 e. The average molecular weight is 363 g/mol. The molecule has 1 amide bonds. The topological polar surface area (TPSA) is 92.5 Å². The number of anilines is 1. The van der Waals surface area contributed by atoms with E-state index in [1.807, 2.05) is 0 Å². The van der Waals surface area contributed by atoms with Crippen molar-refractivity contribution in [1.29, 1.82) is 0 Å². The van der Waals surface area contributed by atoms with Gasteiger partial charge in [0.1, 0.15) is 5.76 Å². The second-order valence-corrected chi connectivity index (χ2v) is 8.35. The number of amides is 1. The fourth-order valence-corrected chi connectivity index (χ4v) is 4.49. The van der Waals surface area contributed by atoms with Crippen LogP contribution in [0.1, 0.15) is 36.0 Å². The van der Waals surface area contributed by atoms with Crippen molar-refractivity contribution in [1.82, 2.24) is 9.46 Å². The molecule has 1 aromatic carbocycles. The Morgan fingerprint density at radius 1 is 1.32 bits per heavy atom. The van der Waals surface area contributed by atoms with E-state index in [1.54, 1.807) is 19.1 Å². The Balaban J connectivity index is 1.72. The molecule has 2 heterocycles. The van der Waals surface area contributed by atoms with Gasteiger partial charge in [0.05, 0.1) is 4.90 Å². The van der Waals surface area contributed by atoms with E-state index >= 15 is 0 Å². The van der Waals surface area contributed by atoms with E-state index in [4.69, 9.17) is 4.52 Å². The Labute approximate surface area is 147 Å². The molecular weight excluding hydrogens is 342 g/mol. The van der Waals surface area contributed by atoms with Crippen molar-refractivity contribution >= 4 is 21.6 Å². The maximum atomic E-state index is 12.7. The fraction of sp³-hybridized carbons (Fsp3) is 0.412. The molecule has 1 fully saturated rings. The lowest BCUT2D eigenvalue weighted by Crippen LogP contribution is -2.39. The summed E-state index contributed by atoms with van der Waals surface area (Å²) in [5.41, 5.74) is 0.674. The lowest BCUT2D eigenvalue weighted by atomic mass is 10.0. The van der Waals surface area contributed by atoms with Crippen LogP contribution in [0, 0.1) is 12.8 Å². The molecule has 25 heavy (non-hydrogen) atoms. The first-order valence-electron chi connectivity index (χ1n) is 8.21. The third-order valence-electron chi connectivity index (χ3n) is 4.23. The molecule has 3 rings (SSSR count). The van der Waals surface area contributed by atoms with Crippen molar-refractivity contribution in [3.8, 4) is 0 Å². The number of nitrogens with one attached hydrogen (secondary N) is 1. The van der Waals surface area contributed by atoms with E-state index in [-0.39, 0.29) is 10.6 Å². The highest BCUT2D eigenvalue weighted by atomic mass is 32.2. The van der Waals surface area contributed by atoms with Crippen LogP contribution < -0.4 is 5.32 Å². The van der Waals surface area contributed by atoms with Crippen LogP contribution >= 0.6 is 0 Å². The van der Waals surface area contributed by atoms with E-state index in [0.717, 1.165) is 12.8 Å². The van der Waals surface area contributed by atoms with Gasteiger partial charge in [-0.15, -0.1) is 0 Å². The van der Waals surface area contributed by atoms with Crippen molar-refractivity contribution in [3.05, 3.63) is 41.8 Å². The van der Waals surface area contributed by atoms with E-state index in [2.05, 4.69) is 17.4 Å². The van der Waals surface area contributed by atoms with Crippen LogP contribution in [-0.2, 0) is 10.0 Å². The Morgan fingerprint density at radius 2 is 2.04 bits per heavy atom. The van der Waals surface area contributed by atoms with Gasteiger partial charge < -0.3 is 9.84 Å². The number of aryl methyl sites for hydroxylation is 1. The molecule has 0 radical (unpaired) electrons. The monoisotopic (exact) mass is 363 g/mol. The van der Waals surface area contributed by atoms with Gasteiger partial charge in [0.2, 0.25) is 10.0 Å².